The number of halogens is 5. The smallest absolute Gasteiger partial charge is 0.207 e. The largest absolute Gasteiger partial charge is 0.416 e. The highest BCUT2D eigenvalue weighted by Crippen LogP contribution is 2.35. The normalized spacial score (nSPS) is 12.8. The van der Waals surface area contributed by atoms with Crippen LogP contribution in [0.25, 0.3) is 0 Å². The summed E-state index contributed by atoms with van der Waals surface area (Å²) in [4.78, 5) is 0. The first-order valence-corrected chi connectivity index (χ1v) is 8.00. The van der Waals surface area contributed by atoms with Gasteiger partial charge in [-0.15, -0.1) is 0 Å². The first kappa shape index (κ1) is 18.1. The van der Waals surface area contributed by atoms with Crippen molar-refractivity contribution in [3.63, 3.8) is 0 Å². The molecule has 0 heterocycles. The van der Waals surface area contributed by atoms with Crippen LogP contribution in [0.2, 0.25) is 0 Å². The predicted octanol–water partition coefficient (Wildman–Crippen LogP) is 6.36. The molecule has 1 atom stereocenters. The van der Waals surface area contributed by atoms with Gasteiger partial charge >= 0.3 is 6.18 Å². The molecule has 0 aliphatic rings. The Balaban J connectivity index is 2.08. The van der Waals surface area contributed by atoms with Crippen molar-refractivity contribution >= 4 is 0 Å². The molecule has 134 valence electrons. The SMILES string of the molecule is Fc1ccc(C(Cc2ccccc2)c2cc(F)cc(C(F)(F)F)c2)cc1. The Hall–Kier alpha value is -2.69. The molecule has 0 aromatic heterocycles. The molecule has 26 heavy (non-hydrogen) atoms. The Bertz CT molecular complexity index is 867. The van der Waals surface area contributed by atoms with Gasteiger partial charge in [-0.05, 0) is 53.4 Å². The summed E-state index contributed by atoms with van der Waals surface area (Å²) in [5.74, 6) is -1.92. The van der Waals surface area contributed by atoms with Crippen molar-refractivity contribution in [3.05, 3.63) is 107 Å². The van der Waals surface area contributed by atoms with E-state index in [4.69, 9.17) is 0 Å². The highest BCUT2D eigenvalue weighted by Gasteiger charge is 2.32. The molecule has 0 aliphatic carbocycles. The maximum Gasteiger partial charge on any atom is 0.416 e. The lowest BCUT2D eigenvalue weighted by atomic mass is 9.85. The first-order chi connectivity index (χ1) is 12.3. The Kier molecular flexibility index (Phi) is 5.07. The molecule has 3 aromatic carbocycles. The summed E-state index contributed by atoms with van der Waals surface area (Å²) in [6.07, 6.45) is -4.27. The van der Waals surface area contributed by atoms with E-state index in [-0.39, 0.29) is 5.56 Å². The summed E-state index contributed by atoms with van der Waals surface area (Å²) in [6.45, 7) is 0. The molecule has 0 saturated carbocycles. The standard InChI is InChI=1S/C21H15F5/c22-18-8-6-15(7-9-18)20(10-14-4-2-1-3-5-14)16-11-17(21(24,25)26)13-19(23)12-16/h1-9,11-13,20H,10H2. The van der Waals surface area contributed by atoms with Gasteiger partial charge in [0.15, 0.2) is 0 Å². The van der Waals surface area contributed by atoms with Gasteiger partial charge in [0.2, 0.25) is 0 Å². The Morgan fingerprint density at radius 3 is 1.96 bits per heavy atom. The number of alkyl halides is 3. The second-order valence-electron chi connectivity index (χ2n) is 6.06. The quantitative estimate of drug-likeness (QED) is 0.474. The van der Waals surface area contributed by atoms with Crippen molar-refractivity contribution in [2.75, 3.05) is 0 Å². The van der Waals surface area contributed by atoms with Crippen LogP contribution in [0.4, 0.5) is 22.0 Å². The second-order valence-corrected chi connectivity index (χ2v) is 6.06. The van der Waals surface area contributed by atoms with Crippen LogP contribution in [0.15, 0.2) is 72.8 Å². The summed E-state index contributed by atoms with van der Waals surface area (Å²) >= 11 is 0. The third kappa shape index (κ3) is 4.28. The molecule has 0 bridgehead atoms. The maximum atomic E-state index is 13.9. The summed E-state index contributed by atoms with van der Waals surface area (Å²) in [5.41, 5.74) is 0.675. The third-order valence-electron chi connectivity index (χ3n) is 4.20. The third-order valence-corrected chi connectivity index (χ3v) is 4.20. The lowest BCUT2D eigenvalue weighted by molar-refractivity contribution is -0.137. The van der Waals surface area contributed by atoms with Crippen LogP contribution in [0.1, 0.15) is 28.2 Å². The Labute approximate surface area is 147 Å². The van der Waals surface area contributed by atoms with Crippen LogP contribution in [-0.2, 0) is 12.6 Å². The molecule has 0 N–H and O–H groups in total. The second kappa shape index (κ2) is 7.28. The van der Waals surface area contributed by atoms with Gasteiger partial charge < -0.3 is 0 Å². The van der Waals surface area contributed by atoms with Crippen molar-refractivity contribution in [2.45, 2.75) is 18.5 Å². The van der Waals surface area contributed by atoms with Gasteiger partial charge in [-0.3, -0.25) is 0 Å². The zero-order chi connectivity index (χ0) is 18.7. The van der Waals surface area contributed by atoms with E-state index >= 15 is 0 Å². The summed E-state index contributed by atoms with van der Waals surface area (Å²) < 4.78 is 66.4. The molecular formula is C21H15F5. The molecule has 3 aromatic rings. The van der Waals surface area contributed by atoms with Gasteiger partial charge in [0.05, 0.1) is 5.56 Å². The molecule has 0 nitrogen and oxygen atoms in total. The lowest BCUT2D eigenvalue weighted by Crippen LogP contribution is -2.10. The number of hydrogen-bond donors (Lipinski definition) is 0. The average molecular weight is 362 g/mol. The zero-order valence-electron chi connectivity index (χ0n) is 13.6. The first-order valence-electron chi connectivity index (χ1n) is 8.00. The van der Waals surface area contributed by atoms with Crippen molar-refractivity contribution in [2.24, 2.45) is 0 Å². The lowest BCUT2D eigenvalue weighted by Gasteiger charge is -2.20. The minimum absolute atomic E-state index is 0.202. The zero-order valence-corrected chi connectivity index (χ0v) is 13.6. The Morgan fingerprint density at radius 1 is 0.692 bits per heavy atom. The fourth-order valence-corrected chi connectivity index (χ4v) is 2.95. The molecular weight excluding hydrogens is 347 g/mol. The summed E-state index contributed by atoms with van der Waals surface area (Å²) in [6, 6.07) is 17.2. The van der Waals surface area contributed by atoms with Crippen LogP contribution >= 0.6 is 0 Å². The topological polar surface area (TPSA) is 0 Å². The summed E-state index contributed by atoms with van der Waals surface area (Å²) in [5, 5.41) is 0. The van der Waals surface area contributed by atoms with E-state index in [9.17, 15) is 22.0 Å². The number of benzene rings is 3. The fourth-order valence-electron chi connectivity index (χ4n) is 2.95. The molecule has 0 amide bonds. The Morgan fingerprint density at radius 2 is 1.35 bits per heavy atom. The van der Waals surface area contributed by atoms with E-state index in [1.807, 2.05) is 30.3 Å². The van der Waals surface area contributed by atoms with Gasteiger partial charge in [0, 0.05) is 5.92 Å². The van der Waals surface area contributed by atoms with Crippen molar-refractivity contribution in [1.29, 1.82) is 0 Å². The highest BCUT2D eigenvalue weighted by molar-refractivity contribution is 5.38. The van der Waals surface area contributed by atoms with E-state index in [1.54, 1.807) is 0 Å². The van der Waals surface area contributed by atoms with Crippen LogP contribution in [-0.4, -0.2) is 0 Å². The average Bonchev–Trinajstić information content (AvgIpc) is 2.60. The molecule has 0 radical (unpaired) electrons. The van der Waals surface area contributed by atoms with E-state index in [0.29, 0.717) is 18.1 Å². The van der Waals surface area contributed by atoms with Gasteiger partial charge in [-0.2, -0.15) is 13.2 Å². The van der Waals surface area contributed by atoms with E-state index in [2.05, 4.69) is 0 Å². The maximum absolute atomic E-state index is 13.9. The van der Waals surface area contributed by atoms with Gasteiger partial charge in [0.25, 0.3) is 0 Å². The van der Waals surface area contributed by atoms with Crippen LogP contribution in [0, 0.1) is 11.6 Å². The van der Waals surface area contributed by atoms with Crippen LogP contribution in [0.3, 0.4) is 0 Å². The minimum Gasteiger partial charge on any atom is -0.207 e. The molecule has 3 rings (SSSR count). The van der Waals surface area contributed by atoms with E-state index < -0.39 is 29.3 Å². The van der Waals surface area contributed by atoms with Gasteiger partial charge in [-0.25, -0.2) is 8.78 Å². The van der Waals surface area contributed by atoms with Crippen molar-refractivity contribution in [1.82, 2.24) is 0 Å². The highest BCUT2D eigenvalue weighted by atomic mass is 19.4. The van der Waals surface area contributed by atoms with Crippen molar-refractivity contribution < 1.29 is 22.0 Å². The molecule has 1 unspecified atom stereocenters. The van der Waals surface area contributed by atoms with Crippen LogP contribution < -0.4 is 0 Å². The molecule has 0 fully saturated rings. The van der Waals surface area contributed by atoms with Gasteiger partial charge in [-0.1, -0.05) is 42.5 Å². The molecule has 0 spiro atoms. The molecule has 0 saturated heterocycles. The fraction of sp³-hybridized carbons (Fsp3) is 0.143. The van der Waals surface area contributed by atoms with E-state index in [1.165, 1.54) is 24.3 Å². The number of rotatable bonds is 4. The number of hydrogen-bond acceptors (Lipinski definition) is 0. The van der Waals surface area contributed by atoms with Crippen molar-refractivity contribution in [3.8, 4) is 0 Å². The van der Waals surface area contributed by atoms with Gasteiger partial charge in [0.1, 0.15) is 11.6 Å². The predicted molar refractivity (Wildman–Crippen MR) is 89.8 cm³/mol. The van der Waals surface area contributed by atoms with Crippen LogP contribution in [0.5, 0.6) is 0 Å². The molecule has 0 aliphatic heterocycles. The molecule has 5 heteroatoms. The van der Waals surface area contributed by atoms with E-state index in [0.717, 1.165) is 17.7 Å². The monoisotopic (exact) mass is 362 g/mol. The summed E-state index contributed by atoms with van der Waals surface area (Å²) in [7, 11) is 0. The minimum atomic E-state index is -4.64.